The highest BCUT2D eigenvalue weighted by Gasteiger charge is 2.22. The summed E-state index contributed by atoms with van der Waals surface area (Å²) in [5.74, 6) is 0.145. The van der Waals surface area contributed by atoms with Crippen molar-refractivity contribution in [2.45, 2.75) is 32.2 Å². The predicted molar refractivity (Wildman–Crippen MR) is 114 cm³/mol. The number of amides is 1. The van der Waals surface area contributed by atoms with Crippen LogP contribution in [0.5, 0.6) is 0 Å². The Hall–Kier alpha value is -3.10. The van der Waals surface area contributed by atoms with E-state index >= 15 is 0 Å². The van der Waals surface area contributed by atoms with Gasteiger partial charge in [0.2, 0.25) is 5.95 Å². The zero-order valence-corrected chi connectivity index (χ0v) is 17.1. The van der Waals surface area contributed by atoms with Gasteiger partial charge in [-0.3, -0.25) is 0 Å². The lowest BCUT2D eigenvalue weighted by Crippen LogP contribution is -2.49. The number of benzene rings is 1. The maximum absolute atomic E-state index is 14.0. The summed E-state index contributed by atoms with van der Waals surface area (Å²) >= 11 is 0. The number of halogens is 1. The van der Waals surface area contributed by atoms with Crippen LogP contribution < -0.4 is 15.5 Å². The molecule has 1 saturated heterocycles. The first-order valence-corrected chi connectivity index (χ1v) is 10.4. The summed E-state index contributed by atoms with van der Waals surface area (Å²) in [5.41, 5.74) is 1.86. The Balaban J connectivity index is 1.39. The summed E-state index contributed by atoms with van der Waals surface area (Å²) in [6.45, 7) is 4.89. The van der Waals surface area contributed by atoms with Crippen LogP contribution in [0.15, 0.2) is 30.5 Å². The topological polar surface area (TPSA) is 82.6 Å². The lowest BCUT2D eigenvalue weighted by atomic mass is 9.93. The predicted octanol–water partition coefficient (Wildman–Crippen LogP) is 3.60. The van der Waals surface area contributed by atoms with Gasteiger partial charge in [-0.25, -0.2) is 14.2 Å². The first kappa shape index (κ1) is 20.2. The van der Waals surface area contributed by atoms with E-state index in [2.05, 4.69) is 25.5 Å². The fourth-order valence-electron chi connectivity index (χ4n) is 3.55. The number of aromatic nitrogens is 2. The van der Waals surface area contributed by atoms with Crippen LogP contribution in [0.4, 0.5) is 32.3 Å². The molecule has 0 unspecified atom stereocenters. The number of rotatable bonds is 6. The molecule has 2 heterocycles. The molecule has 0 spiro atoms. The van der Waals surface area contributed by atoms with Crippen LogP contribution in [-0.2, 0) is 4.74 Å². The van der Waals surface area contributed by atoms with E-state index in [9.17, 15) is 9.18 Å². The number of nitrogens with one attached hydrogen (secondary N) is 2. The second-order valence-corrected chi connectivity index (χ2v) is 7.51. The van der Waals surface area contributed by atoms with Crippen molar-refractivity contribution in [2.24, 2.45) is 0 Å². The molecule has 4 rings (SSSR count). The van der Waals surface area contributed by atoms with Crippen LogP contribution in [-0.4, -0.2) is 59.8 Å². The SMILES string of the molecule is CCOC(=O)N1CCN(c2cccc(Nc3ncc(F)c(NC4CCC4)n3)c2)CC1. The van der Waals surface area contributed by atoms with Gasteiger partial charge in [0, 0.05) is 43.6 Å². The average molecular weight is 414 g/mol. The Morgan fingerprint density at radius 3 is 2.77 bits per heavy atom. The molecular weight excluding hydrogens is 387 g/mol. The van der Waals surface area contributed by atoms with Gasteiger partial charge in [-0.05, 0) is 44.4 Å². The fourth-order valence-corrected chi connectivity index (χ4v) is 3.55. The minimum Gasteiger partial charge on any atom is -0.450 e. The maximum Gasteiger partial charge on any atom is 0.409 e. The molecule has 9 heteroatoms. The molecule has 2 fully saturated rings. The first-order valence-electron chi connectivity index (χ1n) is 10.4. The number of anilines is 4. The molecule has 1 saturated carbocycles. The highest BCUT2D eigenvalue weighted by Crippen LogP contribution is 2.26. The van der Waals surface area contributed by atoms with E-state index in [1.165, 1.54) is 6.20 Å². The number of piperazine rings is 1. The van der Waals surface area contributed by atoms with Gasteiger partial charge in [-0.1, -0.05) is 6.07 Å². The molecule has 160 valence electrons. The Kier molecular flexibility index (Phi) is 6.15. The molecule has 2 aliphatic rings. The quantitative estimate of drug-likeness (QED) is 0.747. The smallest absolute Gasteiger partial charge is 0.409 e. The van der Waals surface area contributed by atoms with Crippen LogP contribution in [0.1, 0.15) is 26.2 Å². The van der Waals surface area contributed by atoms with Crippen LogP contribution in [0, 0.1) is 5.82 Å². The number of carbonyl (C=O) groups is 1. The van der Waals surface area contributed by atoms with Gasteiger partial charge in [0.25, 0.3) is 0 Å². The zero-order chi connectivity index (χ0) is 20.9. The van der Waals surface area contributed by atoms with Crippen molar-refractivity contribution >= 4 is 29.2 Å². The third-order valence-electron chi connectivity index (χ3n) is 5.46. The number of ether oxygens (including phenoxy) is 1. The summed E-state index contributed by atoms with van der Waals surface area (Å²) in [6.07, 6.45) is 4.17. The Morgan fingerprint density at radius 2 is 2.07 bits per heavy atom. The molecule has 2 aromatic rings. The van der Waals surface area contributed by atoms with Crippen molar-refractivity contribution in [1.82, 2.24) is 14.9 Å². The number of hydrogen-bond donors (Lipinski definition) is 2. The van der Waals surface area contributed by atoms with Gasteiger partial charge in [0.1, 0.15) is 0 Å². The van der Waals surface area contributed by atoms with E-state index in [1.54, 1.807) is 4.90 Å². The molecule has 1 aliphatic carbocycles. The number of hydrogen-bond acceptors (Lipinski definition) is 7. The Bertz CT molecular complexity index is 884. The van der Waals surface area contributed by atoms with Crippen molar-refractivity contribution in [2.75, 3.05) is 48.3 Å². The number of nitrogens with zero attached hydrogens (tertiary/aromatic N) is 4. The molecule has 0 atom stereocenters. The van der Waals surface area contributed by atoms with Crippen molar-refractivity contribution < 1.29 is 13.9 Å². The van der Waals surface area contributed by atoms with Crippen molar-refractivity contribution in [3.8, 4) is 0 Å². The van der Waals surface area contributed by atoms with Crippen molar-refractivity contribution in [3.63, 3.8) is 0 Å². The van der Waals surface area contributed by atoms with Crippen LogP contribution in [0.3, 0.4) is 0 Å². The van der Waals surface area contributed by atoms with Crippen LogP contribution in [0.25, 0.3) is 0 Å². The first-order chi connectivity index (χ1) is 14.6. The molecule has 0 radical (unpaired) electrons. The number of carbonyl (C=O) groups excluding carboxylic acids is 1. The maximum atomic E-state index is 14.0. The fraction of sp³-hybridized carbons (Fsp3) is 0.476. The van der Waals surface area contributed by atoms with Crippen LogP contribution in [0.2, 0.25) is 0 Å². The summed E-state index contributed by atoms with van der Waals surface area (Å²) in [6, 6.07) is 8.20. The van der Waals surface area contributed by atoms with E-state index in [-0.39, 0.29) is 11.9 Å². The standard InChI is InChI=1S/C21H27FN6O2/c1-2-30-21(29)28-11-9-27(10-12-28)17-8-4-7-16(13-17)25-20-23-14-18(22)19(26-20)24-15-5-3-6-15/h4,7-8,13-15H,2-3,5-6,9-12H2,1H3,(H2,23,24,25,26). The Morgan fingerprint density at radius 1 is 1.27 bits per heavy atom. The lowest BCUT2D eigenvalue weighted by molar-refractivity contribution is 0.105. The van der Waals surface area contributed by atoms with Gasteiger partial charge in [-0.2, -0.15) is 4.98 Å². The highest BCUT2D eigenvalue weighted by atomic mass is 19.1. The molecule has 0 bridgehead atoms. The normalized spacial score (nSPS) is 16.7. The largest absolute Gasteiger partial charge is 0.450 e. The average Bonchev–Trinajstić information content (AvgIpc) is 2.73. The van der Waals surface area contributed by atoms with E-state index in [1.807, 2.05) is 31.2 Å². The molecule has 1 aromatic heterocycles. The van der Waals surface area contributed by atoms with E-state index in [4.69, 9.17) is 4.74 Å². The minimum absolute atomic E-state index is 0.239. The van der Waals surface area contributed by atoms with Gasteiger partial charge in [0.15, 0.2) is 11.6 Å². The minimum atomic E-state index is -0.444. The second kappa shape index (κ2) is 9.15. The van der Waals surface area contributed by atoms with E-state index in [0.29, 0.717) is 31.7 Å². The van der Waals surface area contributed by atoms with Gasteiger partial charge in [0.05, 0.1) is 12.8 Å². The molecule has 30 heavy (non-hydrogen) atoms. The molecule has 1 aliphatic heterocycles. The van der Waals surface area contributed by atoms with Gasteiger partial charge in [-0.15, -0.1) is 0 Å². The summed E-state index contributed by atoms with van der Waals surface area (Å²) < 4.78 is 19.1. The van der Waals surface area contributed by atoms with Crippen LogP contribution >= 0.6 is 0 Å². The van der Waals surface area contributed by atoms with Crippen molar-refractivity contribution in [1.29, 1.82) is 0 Å². The monoisotopic (exact) mass is 414 g/mol. The Labute approximate surface area is 175 Å². The molecule has 1 aromatic carbocycles. The molecular formula is C21H27FN6O2. The molecule has 8 nitrogen and oxygen atoms in total. The summed E-state index contributed by atoms with van der Waals surface area (Å²) in [4.78, 5) is 24.2. The van der Waals surface area contributed by atoms with Gasteiger partial charge < -0.3 is 25.2 Å². The summed E-state index contributed by atoms with van der Waals surface area (Å²) in [7, 11) is 0. The molecule has 1 amide bonds. The molecule has 2 N–H and O–H groups in total. The zero-order valence-electron chi connectivity index (χ0n) is 17.1. The lowest BCUT2D eigenvalue weighted by Gasteiger charge is -2.35. The van der Waals surface area contributed by atoms with E-state index in [0.717, 1.165) is 43.7 Å². The summed E-state index contributed by atoms with van der Waals surface area (Å²) in [5, 5.41) is 6.31. The second-order valence-electron chi connectivity index (χ2n) is 7.51. The third kappa shape index (κ3) is 4.72. The van der Waals surface area contributed by atoms with Gasteiger partial charge >= 0.3 is 6.09 Å². The van der Waals surface area contributed by atoms with Crippen molar-refractivity contribution in [3.05, 3.63) is 36.3 Å². The highest BCUT2D eigenvalue weighted by molar-refractivity contribution is 5.68. The van der Waals surface area contributed by atoms with E-state index < -0.39 is 5.82 Å². The third-order valence-corrected chi connectivity index (χ3v) is 5.46.